The minimum atomic E-state index is -1.11. The van der Waals surface area contributed by atoms with Gasteiger partial charge in [0.05, 0.1) is 24.8 Å². The van der Waals surface area contributed by atoms with Crippen LogP contribution in [0.1, 0.15) is 12.1 Å². The van der Waals surface area contributed by atoms with Crippen LogP contribution in [0.5, 0.6) is 0 Å². The Balaban J connectivity index is 1.83. The van der Waals surface area contributed by atoms with E-state index in [-0.39, 0.29) is 18.9 Å². The first-order chi connectivity index (χ1) is 11.9. The molecule has 1 aliphatic heterocycles. The molecule has 4 N–H and O–H groups in total. The van der Waals surface area contributed by atoms with E-state index in [0.29, 0.717) is 13.1 Å². The summed E-state index contributed by atoms with van der Waals surface area (Å²) >= 11 is 0. The smallest absolute Gasteiger partial charge is 0.222 e. The average molecular weight is 356 g/mol. The number of aromatic nitrogens is 3. The van der Waals surface area contributed by atoms with Crippen molar-refractivity contribution in [1.82, 2.24) is 30.5 Å². The molecule has 2 heterocycles. The molecule has 10 nitrogen and oxygen atoms in total. The first-order valence-corrected chi connectivity index (χ1v) is 8.37. The van der Waals surface area contributed by atoms with Crippen molar-refractivity contribution < 1.29 is 19.7 Å². The summed E-state index contributed by atoms with van der Waals surface area (Å²) < 4.78 is 7.24. The SMILES string of the molecule is CNCc1cn(CC2OC(CC(=O)NCCN(C)C)C(O)C2O)nn1. The van der Waals surface area contributed by atoms with Crippen molar-refractivity contribution in [2.24, 2.45) is 0 Å². The number of hydrogen-bond acceptors (Lipinski definition) is 8. The molecule has 0 spiro atoms. The van der Waals surface area contributed by atoms with Gasteiger partial charge in [-0.2, -0.15) is 0 Å². The Morgan fingerprint density at radius 1 is 1.36 bits per heavy atom. The molecule has 0 bridgehead atoms. The average Bonchev–Trinajstić information content (AvgIpc) is 3.08. The van der Waals surface area contributed by atoms with Crippen molar-refractivity contribution in [2.45, 2.75) is 43.9 Å². The van der Waals surface area contributed by atoms with E-state index in [1.54, 1.807) is 10.9 Å². The molecule has 25 heavy (non-hydrogen) atoms. The molecule has 2 rings (SSSR count). The zero-order chi connectivity index (χ0) is 18.4. The molecule has 1 aromatic heterocycles. The highest BCUT2D eigenvalue weighted by Gasteiger charge is 2.43. The topological polar surface area (TPSA) is 125 Å². The number of nitrogens with one attached hydrogen (secondary N) is 2. The maximum atomic E-state index is 11.9. The van der Waals surface area contributed by atoms with E-state index >= 15 is 0 Å². The van der Waals surface area contributed by atoms with Crippen LogP contribution in [0, 0.1) is 0 Å². The molecule has 10 heteroatoms. The van der Waals surface area contributed by atoms with Gasteiger partial charge in [0.25, 0.3) is 0 Å². The molecule has 142 valence electrons. The monoisotopic (exact) mass is 356 g/mol. The summed E-state index contributed by atoms with van der Waals surface area (Å²) in [6.45, 7) is 2.10. The van der Waals surface area contributed by atoms with Crippen molar-refractivity contribution in [3.8, 4) is 0 Å². The fourth-order valence-electron chi connectivity index (χ4n) is 2.69. The van der Waals surface area contributed by atoms with Crippen LogP contribution in [0.15, 0.2) is 6.20 Å². The van der Waals surface area contributed by atoms with Crippen LogP contribution in [-0.4, -0.2) is 94.7 Å². The predicted octanol–water partition coefficient (Wildman–Crippen LogP) is -2.45. The van der Waals surface area contributed by atoms with Crippen LogP contribution in [0.2, 0.25) is 0 Å². The first kappa shape index (κ1) is 19.7. The van der Waals surface area contributed by atoms with Crippen molar-refractivity contribution in [1.29, 1.82) is 0 Å². The standard InChI is InChI=1S/C15H28N6O4/c1-16-7-10-8-21(19-18-10)9-12-15(24)14(23)11(25-12)6-13(22)17-4-5-20(2)3/h8,11-12,14-16,23-24H,4-7,9H2,1-3H3,(H,17,22). The third-order valence-electron chi connectivity index (χ3n) is 4.04. The van der Waals surface area contributed by atoms with Crippen molar-refractivity contribution in [3.63, 3.8) is 0 Å². The fraction of sp³-hybridized carbons (Fsp3) is 0.800. The van der Waals surface area contributed by atoms with E-state index in [1.165, 1.54) is 0 Å². The van der Waals surface area contributed by atoms with Crippen LogP contribution >= 0.6 is 0 Å². The van der Waals surface area contributed by atoms with Crippen LogP contribution in [0.3, 0.4) is 0 Å². The van der Waals surface area contributed by atoms with Crippen LogP contribution < -0.4 is 10.6 Å². The molecule has 4 unspecified atom stereocenters. The molecule has 0 saturated carbocycles. The van der Waals surface area contributed by atoms with Crippen LogP contribution in [0.4, 0.5) is 0 Å². The van der Waals surface area contributed by atoms with Gasteiger partial charge in [0.1, 0.15) is 18.3 Å². The van der Waals surface area contributed by atoms with Gasteiger partial charge in [-0.25, -0.2) is 4.68 Å². The lowest BCUT2D eigenvalue weighted by Gasteiger charge is -2.15. The summed E-state index contributed by atoms with van der Waals surface area (Å²) in [7, 11) is 5.65. The number of amides is 1. The molecule has 4 atom stereocenters. The fourth-order valence-corrected chi connectivity index (χ4v) is 2.69. The number of rotatable bonds is 9. The molecule has 1 saturated heterocycles. The number of aliphatic hydroxyl groups excluding tert-OH is 2. The maximum Gasteiger partial charge on any atom is 0.222 e. The van der Waals surface area contributed by atoms with Gasteiger partial charge in [0.15, 0.2) is 0 Å². The summed E-state index contributed by atoms with van der Waals surface area (Å²) in [5, 5.41) is 34.0. The Bertz CT molecular complexity index is 552. The predicted molar refractivity (Wildman–Crippen MR) is 89.6 cm³/mol. The van der Waals surface area contributed by atoms with Crippen molar-refractivity contribution >= 4 is 5.91 Å². The summed E-state index contributed by atoms with van der Waals surface area (Å²) in [6, 6.07) is 0. The number of carbonyl (C=O) groups excluding carboxylic acids is 1. The highest BCUT2D eigenvalue weighted by Crippen LogP contribution is 2.24. The molecular weight excluding hydrogens is 328 g/mol. The normalized spacial score (nSPS) is 26.3. The van der Waals surface area contributed by atoms with Gasteiger partial charge in [-0.15, -0.1) is 5.10 Å². The Hall–Kier alpha value is -1.59. The lowest BCUT2D eigenvalue weighted by atomic mass is 10.1. The van der Waals surface area contributed by atoms with Crippen LogP contribution in [0.25, 0.3) is 0 Å². The minimum absolute atomic E-state index is 0.00448. The molecule has 1 aliphatic rings. The number of nitrogens with zero attached hydrogens (tertiary/aromatic N) is 4. The highest BCUT2D eigenvalue weighted by molar-refractivity contribution is 5.76. The van der Waals surface area contributed by atoms with E-state index in [0.717, 1.165) is 12.2 Å². The third kappa shape index (κ3) is 5.72. The summed E-state index contributed by atoms with van der Waals surface area (Å²) in [6.07, 6.45) is -1.80. The second-order valence-corrected chi connectivity index (χ2v) is 6.51. The molecule has 1 aromatic rings. The number of likely N-dealkylation sites (N-methyl/N-ethyl adjacent to an activating group) is 1. The van der Waals surface area contributed by atoms with E-state index in [9.17, 15) is 15.0 Å². The lowest BCUT2D eigenvalue weighted by molar-refractivity contribution is -0.125. The second kappa shape index (κ2) is 9.20. The number of hydrogen-bond donors (Lipinski definition) is 4. The maximum absolute atomic E-state index is 11.9. The second-order valence-electron chi connectivity index (χ2n) is 6.51. The van der Waals surface area contributed by atoms with Gasteiger partial charge in [-0.3, -0.25) is 4.79 Å². The zero-order valence-electron chi connectivity index (χ0n) is 14.9. The number of carbonyl (C=O) groups is 1. The van der Waals surface area contributed by atoms with E-state index in [4.69, 9.17) is 4.74 Å². The number of ether oxygens (including phenoxy) is 1. The summed E-state index contributed by atoms with van der Waals surface area (Å²) in [4.78, 5) is 13.9. The van der Waals surface area contributed by atoms with Gasteiger partial charge < -0.3 is 30.5 Å². The summed E-state index contributed by atoms with van der Waals surface area (Å²) in [5.74, 6) is -0.212. The Kier molecular flexibility index (Phi) is 7.26. The van der Waals surface area contributed by atoms with Crippen molar-refractivity contribution in [2.75, 3.05) is 34.2 Å². The van der Waals surface area contributed by atoms with E-state index in [1.807, 2.05) is 26.0 Å². The quantitative estimate of drug-likeness (QED) is 0.384. The highest BCUT2D eigenvalue weighted by atomic mass is 16.5. The van der Waals surface area contributed by atoms with E-state index < -0.39 is 24.4 Å². The first-order valence-electron chi connectivity index (χ1n) is 8.37. The lowest BCUT2D eigenvalue weighted by Crippen LogP contribution is -2.37. The molecular formula is C15H28N6O4. The van der Waals surface area contributed by atoms with Gasteiger partial charge in [0.2, 0.25) is 5.91 Å². The minimum Gasteiger partial charge on any atom is -0.388 e. The van der Waals surface area contributed by atoms with Gasteiger partial charge in [-0.05, 0) is 21.1 Å². The van der Waals surface area contributed by atoms with Gasteiger partial charge >= 0.3 is 0 Å². The molecule has 1 amide bonds. The van der Waals surface area contributed by atoms with Gasteiger partial charge in [0, 0.05) is 25.8 Å². The number of aliphatic hydroxyl groups is 2. The van der Waals surface area contributed by atoms with Crippen molar-refractivity contribution in [3.05, 3.63) is 11.9 Å². The Labute approximate surface area is 147 Å². The Morgan fingerprint density at radius 2 is 2.08 bits per heavy atom. The molecule has 0 aliphatic carbocycles. The molecule has 0 radical (unpaired) electrons. The Morgan fingerprint density at radius 3 is 2.76 bits per heavy atom. The van der Waals surface area contributed by atoms with Crippen LogP contribution in [-0.2, 0) is 22.6 Å². The summed E-state index contributed by atoms with van der Waals surface area (Å²) in [5.41, 5.74) is 0.771. The zero-order valence-corrected chi connectivity index (χ0v) is 14.9. The largest absolute Gasteiger partial charge is 0.388 e. The van der Waals surface area contributed by atoms with Gasteiger partial charge in [-0.1, -0.05) is 5.21 Å². The third-order valence-corrected chi connectivity index (χ3v) is 4.04. The molecule has 1 fully saturated rings. The molecule has 0 aromatic carbocycles. The van der Waals surface area contributed by atoms with E-state index in [2.05, 4.69) is 20.9 Å².